The number of esters is 1. The second-order valence-corrected chi connectivity index (χ2v) is 10.1. The van der Waals surface area contributed by atoms with Crippen LogP contribution in [-0.2, 0) is 36.1 Å². The van der Waals surface area contributed by atoms with Crippen LogP contribution in [0.25, 0.3) is 0 Å². The molecule has 0 spiro atoms. The quantitative estimate of drug-likeness (QED) is 0.263. The number of nitrogens with one attached hydrogen (secondary N) is 2. The van der Waals surface area contributed by atoms with E-state index < -0.39 is 11.6 Å². The standard InChI is InChI=1S/C23H26N4O5S2/c1-3-31-22(29)19-16-9-11-27(13-15-7-5-4-6-8-15)14-17(16)34-20(19)24-18(28)10-12-33-21-23(30)32-25-26(21)2/h4-8H,3,9-14H2,1-2H3,(H-,24,25,28,29,30)/p+1. The normalized spacial score (nSPS) is 13.5. The average molecular weight is 504 g/mol. The number of benzene rings is 1. The molecule has 1 aliphatic heterocycles. The number of nitrogens with zero attached hydrogens (tertiary/aromatic N) is 2. The van der Waals surface area contributed by atoms with E-state index in [4.69, 9.17) is 9.26 Å². The van der Waals surface area contributed by atoms with Gasteiger partial charge in [-0.1, -0.05) is 35.0 Å². The van der Waals surface area contributed by atoms with Gasteiger partial charge in [-0.05, 0) is 41.5 Å². The molecule has 1 aromatic carbocycles. The van der Waals surface area contributed by atoms with Gasteiger partial charge in [-0.15, -0.1) is 11.3 Å². The number of thioether (sulfide) groups is 1. The third-order valence-electron chi connectivity index (χ3n) is 5.44. The summed E-state index contributed by atoms with van der Waals surface area (Å²) >= 11 is 2.68. The number of aromatic nitrogens is 2. The first-order valence-corrected chi connectivity index (χ1v) is 12.8. The van der Waals surface area contributed by atoms with Gasteiger partial charge in [-0.3, -0.25) is 14.2 Å². The lowest BCUT2D eigenvalue weighted by molar-refractivity contribution is -0.772. The molecule has 34 heavy (non-hydrogen) atoms. The van der Waals surface area contributed by atoms with E-state index in [1.54, 1.807) is 14.0 Å². The third-order valence-corrected chi connectivity index (χ3v) is 7.69. The van der Waals surface area contributed by atoms with Crippen LogP contribution in [0.3, 0.4) is 0 Å². The predicted molar refractivity (Wildman–Crippen MR) is 129 cm³/mol. The summed E-state index contributed by atoms with van der Waals surface area (Å²) in [6.07, 6.45) is 0.901. The minimum atomic E-state index is -0.469. The first kappa shape index (κ1) is 24.2. The molecule has 2 N–H and O–H groups in total. The zero-order chi connectivity index (χ0) is 24.1. The highest BCUT2D eigenvalue weighted by molar-refractivity contribution is 7.99. The molecule has 180 valence electrons. The van der Waals surface area contributed by atoms with Gasteiger partial charge in [0.2, 0.25) is 5.91 Å². The largest absolute Gasteiger partial charge is 0.462 e. The molecule has 0 radical (unpaired) electrons. The van der Waals surface area contributed by atoms with E-state index in [1.165, 1.54) is 33.3 Å². The summed E-state index contributed by atoms with van der Waals surface area (Å²) in [5, 5.41) is 6.29. The van der Waals surface area contributed by atoms with Gasteiger partial charge in [-0.2, -0.15) is 0 Å². The summed E-state index contributed by atoms with van der Waals surface area (Å²) in [5.41, 5.74) is 2.21. The van der Waals surface area contributed by atoms with Gasteiger partial charge in [0.15, 0.2) is 7.05 Å². The minimum absolute atomic E-state index is 0.181. The zero-order valence-corrected chi connectivity index (χ0v) is 20.7. The van der Waals surface area contributed by atoms with E-state index in [0.29, 0.717) is 27.9 Å². The van der Waals surface area contributed by atoms with Crippen LogP contribution in [-0.4, -0.2) is 41.0 Å². The van der Waals surface area contributed by atoms with Crippen molar-refractivity contribution in [2.45, 2.75) is 37.9 Å². The number of aryl methyl sites for hydroxylation is 1. The van der Waals surface area contributed by atoms with Crippen molar-refractivity contribution in [1.29, 1.82) is 0 Å². The van der Waals surface area contributed by atoms with E-state index in [9.17, 15) is 14.4 Å². The highest BCUT2D eigenvalue weighted by Crippen LogP contribution is 2.38. The Bertz CT molecular complexity index is 1220. The Morgan fingerprint density at radius 1 is 1.32 bits per heavy atom. The number of aromatic amines is 1. The molecule has 0 saturated heterocycles. The fourth-order valence-corrected chi connectivity index (χ4v) is 6.02. The summed E-state index contributed by atoms with van der Waals surface area (Å²) in [6.45, 7) is 4.41. The number of carbonyl (C=O) groups is 2. The molecular weight excluding hydrogens is 476 g/mol. The Kier molecular flexibility index (Phi) is 7.86. The Morgan fingerprint density at radius 3 is 2.82 bits per heavy atom. The predicted octanol–water partition coefficient (Wildman–Crippen LogP) is 2.71. The molecule has 9 nitrogen and oxygen atoms in total. The van der Waals surface area contributed by atoms with Gasteiger partial charge in [-0.25, -0.2) is 9.59 Å². The molecule has 11 heteroatoms. The van der Waals surface area contributed by atoms with Crippen LogP contribution in [0.5, 0.6) is 0 Å². The van der Waals surface area contributed by atoms with Crippen molar-refractivity contribution in [3.8, 4) is 0 Å². The molecule has 0 unspecified atom stereocenters. The van der Waals surface area contributed by atoms with Gasteiger partial charge in [0.1, 0.15) is 5.00 Å². The second kappa shape index (κ2) is 11.0. The highest BCUT2D eigenvalue weighted by atomic mass is 32.2. The maximum absolute atomic E-state index is 12.8. The average Bonchev–Trinajstić information content (AvgIpc) is 3.33. The number of H-pyrrole nitrogens is 1. The molecule has 3 aromatic rings. The van der Waals surface area contributed by atoms with Gasteiger partial charge in [0, 0.05) is 36.7 Å². The smallest absolute Gasteiger partial charge is 0.441 e. The van der Waals surface area contributed by atoms with Crippen LogP contribution in [0.2, 0.25) is 0 Å². The number of carbonyl (C=O) groups excluding carboxylic acids is 2. The third kappa shape index (κ3) is 5.60. The summed E-state index contributed by atoms with van der Waals surface area (Å²) in [5.74, 6) is -0.231. The van der Waals surface area contributed by atoms with Crippen molar-refractivity contribution in [2.75, 3.05) is 24.2 Å². The lowest BCUT2D eigenvalue weighted by Crippen LogP contribution is -2.33. The lowest BCUT2D eigenvalue weighted by Gasteiger charge is -2.27. The van der Waals surface area contributed by atoms with E-state index in [2.05, 4.69) is 27.6 Å². The first-order valence-electron chi connectivity index (χ1n) is 11.0. The molecule has 1 aliphatic rings. The lowest BCUT2D eigenvalue weighted by atomic mass is 10.0. The number of fused-ring (bicyclic) bond motifs is 1. The van der Waals surface area contributed by atoms with Crippen LogP contribution in [0.15, 0.2) is 44.7 Å². The topological polar surface area (TPSA) is 109 Å². The molecule has 3 heterocycles. The van der Waals surface area contributed by atoms with Gasteiger partial charge < -0.3 is 10.1 Å². The summed E-state index contributed by atoms with van der Waals surface area (Å²) in [4.78, 5) is 40.5. The maximum Gasteiger partial charge on any atom is 0.441 e. The van der Waals surface area contributed by atoms with Crippen LogP contribution in [0.4, 0.5) is 5.00 Å². The van der Waals surface area contributed by atoms with Gasteiger partial charge in [0.25, 0.3) is 0 Å². The Balaban J connectivity index is 1.45. The summed E-state index contributed by atoms with van der Waals surface area (Å²) < 4.78 is 11.5. The number of hydrogen-bond acceptors (Lipinski definition) is 8. The molecule has 0 fully saturated rings. The number of amides is 1. The molecule has 0 bridgehead atoms. The van der Waals surface area contributed by atoms with E-state index >= 15 is 0 Å². The highest BCUT2D eigenvalue weighted by Gasteiger charge is 2.29. The van der Waals surface area contributed by atoms with Crippen molar-refractivity contribution in [1.82, 2.24) is 10.2 Å². The van der Waals surface area contributed by atoms with Crippen LogP contribution < -0.4 is 15.6 Å². The summed E-state index contributed by atoms with van der Waals surface area (Å²) in [7, 11) is 1.66. The van der Waals surface area contributed by atoms with Crippen LogP contribution in [0, 0.1) is 0 Å². The van der Waals surface area contributed by atoms with Gasteiger partial charge in [0.05, 0.1) is 12.2 Å². The Morgan fingerprint density at radius 2 is 2.12 bits per heavy atom. The monoisotopic (exact) mass is 503 g/mol. The fraction of sp³-hybridized carbons (Fsp3) is 0.391. The first-order chi connectivity index (χ1) is 16.5. The Hall–Kier alpha value is -2.89. The molecule has 0 atom stereocenters. The molecule has 1 amide bonds. The van der Waals surface area contributed by atoms with Gasteiger partial charge >= 0.3 is 16.6 Å². The molecule has 2 aromatic heterocycles. The van der Waals surface area contributed by atoms with Crippen molar-refractivity contribution in [2.24, 2.45) is 7.05 Å². The number of thiophene rings is 1. The number of hydrogen-bond donors (Lipinski definition) is 2. The zero-order valence-electron chi connectivity index (χ0n) is 19.1. The summed E-state index contributed by atoms with van der Waals surface area (Å²) in [6, 6.07) is 10.3. The van der Waals surface area contributed by atoms with Crippen LogP contribution in [0.1, 0.15) is 39.7 Å². The fourth-order valence-electron chi connectivity index (χ4n) is 3.86. The van der Waals surface area contributed by atoms with Crippen molar-refractivity contribution >= 4 is 40.0 Å². The van der Waals surface area contributed by atoms with Crippen molar-refractivity contribution < 1.29 is 23.5 Å². The maximum atomic E-state index is 12.8. The SMILES string of the molecule is CCOC(=O)c1c(NC(=O)CCSc2c(=O)o[nH][n+]2C)sc2c1CCN(Cc1ccccc1)C2. The number of anilines is 1. The molecule has 0 aliphatic carbocycles. The minimum Gasteiger partial charge on any atom is -0.462 e. The molecule has 4 rings (SSSR count). The van der Waals surface area contributed by atoms with E-state index in [1.807, 2.05) is 18.2 Å². The van der Waals surface area contributed by atoms with Crippen molar-refractivity contribution in [3.63, 3.8) is 0 Å². The van der Waals surface area contributed by atoms with Crippen LogP contribution >= 0.6 is 23.1 Å². The molecule has 0 saturated carbocycles. The van der Waals surface area contributed by atoms with E-state index in [0.717, 1.165) is 30.0 Å². The Labute approximate surface area is 205 Å². The van der Waals surface area contributed by atoms with E-state index in [-0.39, 0.29) is 18.9 Å². The molecular formula is C23H27N4O5S2+. The number of rotatable bonds is 9. The van der Waals surface area contributed by atoms with Crippen molar-refractivity contribution in [3.05, 3.63) is 62.3 Å². The second-order valence-electron chi connectivity index (χ2n) is 7.87. The number of ether oxygens (including phenoxy) is 1.